The second kappa shape index (κ2) is 3.48. The molecular formula is C13H9F3N2. The second-order valence-corrected chi connectivity index (χ2v) is 4.19. The molecule has 0 fully saturated rings. The summed E-state index contributed by atoms with van der Waals surface area (Å²) in [7, 11) is 1.85. The van der Waals surface area contributed by atoms with E-state index in [1.165, 1.54) is 6.07 Å². The molecule has 0 radical (unpaired) electrons. The molecule has 0 atom stereocenters. The van der Waals surface area contributed by atoms with Crippen molar-refractivity contribution in [2.75, 3.05) is 0 Å². The maximum absolute atomic E-state index is 12.6. The van der Waals surface area contributed by atoms with E-state index in [1.54, 1.807) is 6.07 Å². The van der Waals surface area contributed by atoms with Gasteiger partial charge in [0.25, 0.3) is 0 Å². The molecule has 1 aromatic rings. The van der Waals surface area contributed by atoms with Crippen molar-refractivity contribution in [3.8, 4) is 11.4 Å². The van der Waals surface area contributed by atoms with Crippen LogP contribution in [0.4, 0.5) is 13.2 Å². The van der Waals surface area contributed by atoms with Gasteiger partial charge in [0.15, 0.2) is 0 Å². The molecule has 0 unspecified atom stereocenters. The number of halogens is 3. The smallest absolute Gasteiger partial charge is 0.349 e. The molecule has 0 saturated heterocycles. The molecule has 3 rings (SSSR count). The largest absolute Gasteiger partial charge is 0.416 e. The van der Waals surface area contributed by atoms with Crippen LogP contribution in [0.1, 0.15) is 5.56 Å². The zero-order chi connectivity index (χ0) is 12.9. The van der Waals surface area contributed by atoms with Crippen LogP contribution in [0, 0.1) is 0 Å². The summed E-state index contributed by atoms with van der Waals surface area (Å²) >= 11 is 0. The molecule has 0 saturated carbocycles. The summed E-state index contributed by atoms with van der Waals surface area (Å²) < 4.78 is 39.7. The first-order valence-electron chi connectivity index (χ1n) is 5.39. The zero-order valence-corrected chi connectivity index (χ0v) is 9.49. The van der Waals surface area contributed by atoms with Crippen LogP contribution in [-0.2, 0) is 13.2 Å². The lowest BCUT2D eigenvalue weighted by Gasteiger charge is -2.07. The molecule has 0 aliphatic carbocycles. The highest BCUT2D eigenvalue weighted by atomic mass is 19.4. The molecule has 2 heterocycles. The third-order valence-corrected chi connectivity index (χ3v) is 2.98. The number of hydrogen-bond acceptors (Lipinski definition) is 1. The van der Waals surface area contributed by atoms with Crippen molar-refractivity contribution in [2.45, 2.75) is 6.18 Å². The van der Waals surface area contributed by atoms with Gasteiger partial charge in [-0.25, -0.2) is 4.98 Å². The number of benzene rings is 1. The van der Waals surface area contributed by atoms with Gasteiger partial charge >= 0.3 is 6.18 Å². The third-order valence-electron chi connectivity index (χ3n) is 2.98. The van der Waals surface area contributed by atoms with Crippen LogP contribution in [0.25, 0.3) is 22.3 Å². The highest BCUT2D eigenvalue weighted by Gasteiger charge is 2.31. The number of aromatic nitrogens is 2. The van der Waals surface area contributed by atoms with E-state index in [2.05, 4.69) is 4.98 Å². The first kappa shape index (κ1) is 11.1. The van der Waals surface area contributed by atoms with Gasteiger partial charge in [0.2, 0.25) is 0 Å². The molecule has 2 aliphatic heterocycles. The second-order valence-electron chi connectivity index (χ2n) is 4.19. The molecule has 92 valence electrons. The first-order chi connectivity index (χ1) is 8.47. The minimum Gasteiger partial charge on any atom is -0.349 e. The van der Waals surface area contributed by atoms with E-state index in [9.17, 15) is 13.2 Å². The van der Waals surface area contributed by atoms with Gasteiger partial charge < -0.3 is 4.57 Å². The Labute approximate surface area is 101 Å². The lowest BCUT2D eigenvalue weighted by molar-refractivity contribution is -0.137. The SMILES string of the molecule is Cn1cccc2nc3cc(C(F)(F)F)ccc3c1-2. The molecule has 1 aromatic carbocycles. The van der Waals surface area contributed by atoms with Gasteiger partial charge in [-0.2, -0.15) is 13.2 Å². The number of hydrogen-bond donors (Lipinski definition) is 0. The Bertz CT molecular complexity index is 697. The van der Waals surface area contributed by atoms with Crippen molar-refractivity contribution in [3.05, 3.63) is 42.1 Å². The molecule has 0 spiro atoms. The fourth-order valence-electron chi connectivity index (χ4n) is 2.15. The number of pyridine rings is 1. The quantitative estimate of drug-likeness (QED) is 0.595. The standard InChI is InChI=1S/C13H9F3N2/c1-18-6-2-3-10-12(18)9-5-4-8(13(14,15)16)7-11(9)17-10/h2-7H,1H3. The fraction of sp³-hybridized carbons (Fsp3) is 0.154. The van der Waals surface area contributed by atoms with Gasteiger partial charge in [0, 0.05) is 18.6 Å². The Morgan fingerprint density at radius 1 is 1.17 bits per heavy atom. The van der Waals surface area contributed by atoms with E-state index in [-0.39, 0.29) is 0 Å². The van der Waals surface area contributed by atoms with Gasteiger partial charge in [-0.15, -0.1) is 0 Å². The Morgan fingerprint density at radius 2 is 1.94 bits per heavy atom. The minimum atomic E-state index is -4.33. The number of fused-ring (bicyclic) bond motifs is 3. The topological polar surface area (TPSA) is 17.8 Å². The van der Waals surface area contributed by atoms with Gasteiger partial charge in [0.05, 0.1) is 22.5 Å². The van der Waals surface area contributed by atoms with Crippen LogP contribution in [0.2, 0.25) is 0 Å². The van der Waals surface area contributed by atoms with E-state index >= 15 is 0 Å². The molecule has 18 heavy (non-hydrogen) atoms. The number of nitrogens with zero attached hydrogens (tertiary/aromatic N) is 2. The zero-order valence-electron chi connectivity index (χ0n) is 9.49. The highest BCUT2D eigenvalue weighted by Crippen LogP contribution is 2.35. The Hall–Kier alpha value is -2.04. The van der Waals surface area contributed by atoms with E-state index in [4.69, 9.17) is 0 Å². The van der Waals surface area contributed by atoms with E-state index in [0.717, 1.165) is 23.2 Å². The summed E-state index contributed by atoms with van der Waals surface area (Å²) in [6.45, 7) is 0. The van der Waals surface area contributed by atoms with Gasteiger partial charge in [-0.05, 0) is 24.3 Å². The highest BCUT2D eigenvalue weighted by molar-refractivity contribution is 5.96. The number of rotatable bonds is 0. The summed E-state index contributed by atoms with van der Waals surface area (Å²) in [5.41, 5.74) is 1.26. The monoisotopic (exact) mass is 250 g/mol. The van der Waals surface area contributed by atoms with Crippen molar-refractivity contribution in [1.82, 2.24) is 9.55 Å². The van der Waals surface area contributed by atoms with E-state index in [0.29, 0.717) is 11.2 Å². The summed E-state index contributed by atoms with van der Waals surface area (Å²) in [5.74, 6) is 0. The molecule has 0 amide bonds. The van der Waals surface area contributed by atoms with Crippen LogP contribution in [0.15, 0.2) is 36.5 Å². The molecule has 0 N–H and O–H groups in total. The predicted octanol–water partition coefficient (Wildman–Crippen LogP) is 3.70. The molecular weight excluding hydrogens is 241 g/mol. The Morgan fingerprint density at radius 3 is 2.67 bits per heavy atom. The van der Waals surface area contributed by atoms with Crippen molar-refractivity contribution < 1.29 is 13.2 Å². The van der Waals surface area contributed by atoms with Crippen LogP contribution < -0.4 is 0 Å². The van der Waals surface area contributed by atoms with Crippen molar-refractivity contribution >= 4 is 10.9 Å². The first-order valence-corrected chi connectivity index (χ1v) is 5.39. The van der Waals surface area contributed by atoms with E-state index in [1.807, 2.05) is 23.9 Å². The summed E-state index contributed by atoms with van der Waals surface area (Å²) in [6.07, 6.45) is -2.48. The fourth-order valence-corrected chi connectivity index (χ4v) is 2.15. The third kappa shape index (κ3) is 1.54. The molecule has 2 nitrogen and oxygen atoms in total. The van der Waals surface area contributed by atoms with Crippen LogP contribution in [0.3, 0.4) is 0 Å². The van der Waals surface area contributed by atoms with Crippen LogP contribution >= 0.6 is 0 Å². The minimum absolute atomic E-state index is 0.377. The lowest BCUT2D eigenvalue weighted by Crippen LogP contribution is -2.04. The van der Waals surface area contributed by atoms with Crippen molar-refractivity contribution in [3.63, 3.8) is 0 Å². The summed E-state index contributed by atoms with van der Waals surface area (Å²) in [4.78, 5) is 4.23. The van der Waals surface area contributed by atoms with Crippen LogP contribution in [-0.4, -0.2) is 9.55 Å². The maximum Gasteiger partial charge on any atom is 0.416 e. The molecule has 0 aromatic heterocycles. The lowest BCUT2D eigenvalue weighted by atomic mass is 10.1. The molecule has 2 aliphatic rings. The average molecular weight is 250 g/mol. The van der Waals surface area contributed by atoms with Crippen molar-refractivity contribution in [2.24, 2.45) is 7.05 Å². The average Bonchev–Trinajstić information content (AvgIpc) is 2.66. The summed E-state index contributed by atoms with van der Waals surface area (Å²) in [5, 5.41) is 0.737. The predicted molar refractivity (Wildman–Crippen MR) is 62.3 cm³/mol. The molecule has 0 bridgehead atoms. The van der Waals surface area contributed by atoms with E-state index < -0.39 is 11.7 Å². The van der Waals surface area contributed by atoms with Gasteiger partial charge in [-0.3, -0.25) is 0 Å². The van der Waals surface area contributed by atoms with Crippen LogP contribution in [0.5, 0.6) is 0 Å². The Kier molecular flexibility index (Phi) is 2.14. The van der Waals surface area contributed by atoms with Gasteiger partial charge in [-0.1, -0.05) is 6.07 Å². The van der Waals surface area contributed by atoms with Gasteiger partial charge in [0.1, 0.15) is 0 Å². The Balaban J connectivity index is 2.34. The normalized spacial score (nSPS) is 12.4. The molecule has 5 heteroatoms. The number of aryl methyl sites for hydroxylation is 1. The number of alkyl halides is 3. The van der Waals surface area contributed by atoms with Crippen molar-refractivity contribution in [1.29, 1.82) is 0 Å². The summed E-state index contributed by atoms with van der Waals surface area (Å²) in [6, 6.07) is 7.28. The maximum atomic E-state index is 12.6.